The maximum absolute atomic E-state index is 12.9. The molecule has 29 heavy (non-hydrogen) atoms. The average Bonchev–Trinajstić information content (AvgIpc) is 2.48. The first kappa shape index (κ1) is 21.8. The molecular formula is C22H32ClN3O3. The number of amides is 3. The van der Waals surface area contributed by atoms with Gasteiger partial charge in [-0.1, -0.05) is 50.6 Å². The lowest BCUT2D eigenvalue weighted by molar-refractivity contribution is -0.163. The second-order valence-corrected chi connectivity index (χ2v) is 10.7. The zero-order chi connectivity index (χ0) is 21.6. The van der Waals surface area contributed by atoms with Gasteiger partial charge in [-0.15, -0.1) is 0 Å². The van der Waals surface area contributed by atoms with Crippen molar-refractivity contribution >= 4 is 23.7 Å². The van der Waals surface area contributed by atoms with Crippen LogP contribution in [-0.4, -0.2) is 52.2 Å². The van der Waals surface area contributed by atoms with Crippen LogP contribution in [0.1, 0.15) is 53.5 Å². The number of ether oxygens (including phenoxy) is 1. The highest BCUT2D eigenvalue weighted by Crippen LogP contribution is 2.50. The molecule has 2 aliphatic rings. The molecule has 1 atom stereocenters. The third-order valence-corrected chi connectivity index (χ3v) is 6.00. The molecule has 2 saturated heterocycles. The summed E-state index contributed by atoms with van der Waals surface area (Å²) in [7, 11) is 0. The van der Waals surface area contributed by atoms with Crippen LogP contribution >= 0.6 is 11.6 Å². The first-order chi connectivity index (χ1) is 13.3. The number of nitrogens with zero attached hydrogens (tertiary/aromatic N) is 2. The third kappa shape index (κ3) is 4.47. The van der Waals surface area contributed by atoms with Crippen LogP contribution < -0.4 is 5.32 Å². The number of hydrogen-bond donors (Lipinski definition) is 1. The normalized spacial score (nSPS) is 20.7. The number of hydrogen-bond acceptors (Lipinski definition) is 3. The molecule has 1 unspecified atom stereocenters. The molecule has 2 heterocycles. The Labute approximate surface area is 178 Å². The predicted molar refractivity (Wildman–Crippen MR) is 114 cm³/mol. The summed E-state index contributed by atoms with van der Waals surface area (Å²) < 4.78 is 5.67. The van der Waals surface area contributed by atoms with Gasteiger partial charge in [-0.3, -0.25) is 4.90 Å². The highest BCUT2D eigenvalue weighted by Gasteiger charge is 2.64. The first-order valence-corrected chi connectivity index (χ1v) is 10.5. The number of carbonyl (C=O) groups is 2. The Kier molecular flexibility index (Phi) is 5.54. The summed E-state index contributed by atoms with van der Waals surface area (Å²) in [6, 6.07) is 7.42. The zero-order valence-electron chi connectivity index (χ0n) is 18.2. The smallest absolute Gasteiger partial charge is 0.411 e. The summed E-state index contributed by atoms with van der Waals surface area (Å²) in [5.74, 6) is 0. The van der Waals surface area contributed by atoms with Gasteiger partial charge < -0.3 is 15.0 Å². The van der Waals surface area contributed by atoms with Gasteiger partial charge in [0.2, 0.25) is 0 Å². The van der Waals surface area contributed by atoms with E-state index in [4.69, 9.17) is 16.3 Å². The van der Waals surface area contributed by atoms with E-state index in [2.05, 4.69) is 26.1 Å². The van der Waals surface area contributed by atoms with Gasteiger partial charge in [-0.2, -0.15) is 0 Å². The fraction of sp³-hybridized carbons (Fsp3) is 0.636. The van der Waals surface area contributed by atoms with Gasteiger partial charge in [-0.05, 0) is 44.2 Å². The highest BCUT2D eigenvalue weighted by atomic mass is 35.5. The minimum Gasteiger partial charge on any atom is -0.444 e. The summed E-state index contributed by atoms with van der Waals surface area (Å²) in [5.41, 5.74) is -0.0345. The summed E-state index contributed by atoms with van der Waals surface area (Å²) >= 11 is 6.15. The Bertz CT molecular complexity index is 791. The fourth-order valence-electron chi connectivity index (χ4n) is 4.11. The minimum absolute atomic E-state index is 0.0467. The summed E-state index contributed by atoms with van der Waals surface area (Å²) in [6.45, 7) is 13.4. The molecule has 0 bridgehead atoms. The molecule has 0 aromatic heterocycles. The Morgan fingerprint density at radius 1 is 1.17 bits per heavy atom. The standard InChI is InChI=1S/C22H32ClN3O3/c1-20(2,3)17-11-22(26(17)19(28)29-21(4,5)6)13-25(14-22)18(27)24-12-15-9-7-8-10-16(15)23/h7-10,17H,11-14H2,1-6H3,(H,24,27). The van der Waals surface area contributed by atoms with Crippen LogP contribution in [0.15, 0.2) is 24.3 Å². The number of benzene rings is 1. The first-order valence-electron chi connectivity index (χ1n) is 10.1. The van der Waals surface area contributed by atoms with Gasteiger partial charge in [-0.25, -0.2) is 9.59 Å². The van der Waals surface area contributed by atoms with E-state index in [1.165, 1.54) is 0 Å². The highest BCUT2D eigenvalue weighted by molar-refractivity contribution is 6.31. The van der Waals surface area contributed by atoms with E-state index in [0.29, 0.717) is 24.7 Å². The fourth-order valence-corrected chi connectivity index (χ4v) is 4.31. The largest absolute Gasteiger partial charge is 0.444 e. The summed E-state index contributed by atoms with van der Waals surface area (Å²) in [5, 5.41) is 3.55. The molecule has 2 fully saturated rings. The molecule has 1 aromatic rings. The number of rotatable bonds is 2. The number of halogens is 1. The van der Waals surface area contributed by atoms with Crippen LogP contribution in [0.2, 0.25) is 5.02 Å². The van der Waals surface area contributed by atoms with E-state index in [-0.39, 0.29) is 29.1 Å². The average molecular weight is 422 g/mol. The Balaban J connectivity index is 1.62. The van der Waals surface area contributed by atoms with Crippen LogP contribution in [0, 0.1) is 5.41 Å². The molecular weight excluding hydrogens is 390 g/mol. The lowest BCUT2D eigenvalue weighted by Gasteiger charge is -2.67. The van der Waals surface area contributed by atoms with E-state index in [1.807, 2.05) is 43.9 Å². The van der Waals surface area contributed by atoms with Gasteiger partial charge in [0.1, 0.15) is 5.60 Å². The number of urea groups is 1. The molecule has 6 nitrogen and oxygen atoms in total. The molecule has 2 aliphatic heterocycles. The molecule has 0 saturated carbocycles. The lowest BCUT2D eigenvalue weighted by Crippen LogP contribution is -2.83. The van der Waals surface area contributed by atoms with Crippen molar-refractivity contribution in [3.05, 3.63) is 34.9 Å². The molecule has 1 spiro atoms. The molecule has 0 radical (unpaired) electrons. The third-order valence-electron chi connectivity index (χ3n) is 5.63. The monoisotopic (exact) mass is 421 g/mol. The van der Waals surface area contributed by atoms with Crippen LogP contribution in [0.5, 0.6) is 0 Å². The molecule has 1 N–H and O–H groups in total. The van der Waals surface area contributed by atoms with Crippen molar-refractivity contribution in [1.82, 2.24) is 15.1 Å². The minimum atomic E-state index is -0.550. The van der Waals surface area contributed by atoms with Crippen molar-refractivity contribution in [2.24, 2.45) is 5.41 Å². The van der Waals surface area contributed by atoms with Gasteiger partial charge >= 0.3 is 12.1 Å². The van der Waals surface area contributed by atoms with Crippen molar-refractivity contribution in [3.63, 3.8) is 0 Å². The Morgan fingerprint density at radius 2 is 1.79 bits per heavy atom. The maximum atomic E-state index is 12.9. The number of carbonyl (C=O) groups excluding carboxylic acids is 2. The van der Waals surface area contributed by atoms with Crippen molar-refractivity contribution in [2.75, 3.05) is 13.1 Å². The second-order valence-electron chi connectivity index (χ2n) is 10.3. The molecule has 1 aromatic carbocycles. The van der Waals surface area contributed by atoms with E-state index in [9.17, 15) is 9.59 Å². The predicted octanol–water partition coefficient (Wildman–Crippen LogP) is 4.66. The summed E-state index contributed by atoms with van der Waals surface area (Å²) in [6.07, 6.45) is 0.587. The van der Waals surface area contributed by atoms with Crippen LogP contribution in [0.3, 0.4) is 0 Å². The molecule has 3 rings (SSSR count). The Morgan fingerprint density at radius 3 is 2.34 bits per heavy atom. The van der Waals surface area contributed by atoms with Crippen molar-refractivity contribution in [2.45, 2.75) is 71.7 Å². The van der Waals surface area contributed by atoms with E-state index >= 15 is 0 Å². The maximum Gasteiger partial charge on any atom is 0.411 e. The molecule has 7 heteroatoms. The second kappa shape index (κ2) is 7.38. The molecule has 0 aliphatic carbocycles. The topological polar surface area (TPSA) is 61.9 Å². The van der Waals surface area contributed by atoms with Gasteiger partial charge in [0, 0.05) is 30.7 Å². The molecule has 3 amide bonds. The Hall–Kier alpha value is -1.95. The van der Waals surface area contributed by atoms with Crippen molar-refractivity contribution < 1.29 is 14.3 Å². The number of likely N-dealkylation sites (tertiary alicyclic amines) is 2. The number of nitrogens with one attached hydrogen (secondary N) is 1. The van der Waals surface area contributed by atoms with E-state index in [0.717, 1.165) is 12.0 Å². The lowest BCUT2D eigenvalue weighted by atomic mass is 9.65. The molecule has 160 valence electrons. The van der Waals surface area contributed by atoms with Crippen molar-refractivity contribution in [3.8, 4) is 0 Å². The van der Waals surface area contributed by atoms with Gasteiger partial charge in [0.05, 0.1) is 5.54 Å². The van der Waals surface area contributed by atoms with Crippen LogP contribution in [0.25, 0.3) is 0 Å². The van der Waals surface area contributed by atoms with E-state index < -0.39 is 5.60 Å². The van der Waals surface area contributed by atoms with Crippen LogP contribution in [-0.2, 0) is 11.3 Å². The summed E-state index contributed by atoms with van der Waals surface area (Å²) in [4.78, 5) is 29.1. The van der Waals surface area contributed by atoms with Crippen LogP contribution in [0.4, 0.5) is 9.59 Å². The van der Waals surface area contributed by atoms with Crippen molar-refractivity contribution in [1.29, 1.82) is 0 Å². The van der Waals surface area contributed by atoms with Gasteiger partial charge in [0.25, 0.3) is 0 Å². The SMILES string of the molecule is CC(C)(C)OC(=O)N1C(C(C)(C)C)CC12CN(C(=O)NCc1ccccc1Cl)C2. The quantitative estimate of drug-likeness (QED) is 0.755. The van der Waals surface area contributed by atoms with Gasteiger partial charge in [0.15, 0.2) is 0 Å². The zero-order valence-corrected chi connectivity index (χ0v) is 19.0. The van der Waals surface area contributed by atoms with E-state index in [1.54, 1.807) is 11.0 Å².